The minimum Gasteiger partial charge on any atom is -0.463 e. The molecule has 5 nitrogen and oxygen atoms in total. The Balaban J connectivity index is 2.83. The average molecular weight is 340 g/mol. The fourth-order valence-corrected chi connectivity index (χ4v) is 3.32. The van der Waals surface area contributed by atoms with Crippen LogP contribution < -0.4 is 5.73 Å². The van der Waals surface area contributed by atoms with Crippen LogP contribution in [0.1, 0.15) is 47.6 Å². The van der Waals surface area contributed by atoms with Gasteiger partial charge in [-0.3, -0.25) is 0 Å². The van der Waals surface area contributed by atoms with E-state index < -0.39 is 11.9 Å². The highest BCUT2D eigenvalue weighted by atomic mass is 16.5. The Bertz CT molecular complexity index is 815. The van der Waals surface area contributed by atoms with E-state index in [1.165, 1.54) is 0 Å². The fourth-order valence-electron chi connectivity index (χ4n) is 3.32. The van der Waals surface area contributed by atoms with E-state index >= 15 is 0 Å². The van der Waals surface area contributed by atoms with Gasteiger partial charge in [-0.25, -0.2) is 4.79 Å². The Morgan fingerprint density at radius 3 is 2.28 bits per heavy atom. The van der Waals surface area contributed by atoms with Crippen molar-refractivity contribution in [2.75, 3.05) is 6.61 Å². The van der Waals surface area contributed by atoms with Crippen LogP contribution in [-0.2, 0) is 14.3 Å². The number of carbonyl (C=O) groups is 1. The molecule has 1 aliphatic rings. The molecular formula is C20H24N2O3. The molecule has 0 saturated heterocycles. The summed E-state index contributed by atoms with van der Waals surface area (Å²) in [6.45, 7) is 11.7. The molecule has 0 amide bonds. The number of nitriles is 1. The SMILES string of the molecule is CCOC(=O)C1=C(C)OC(N)=C(C#N)[C@H]1c1c(C)c(C)cc(C)c1C. The van der Waals surface area contributed by atoms with Gasteiger partial charge in [0.15, 0.2) is 0 Å². The molecule has 132 valence electrons. The van der Waals surface area contributed by atoms with Gasteiger partial charge in [0.2, 0.25) is 5.88 Å². The third-order valence-corrected chi connectivity index (χ3v) is 4.81. The van der Waals surface area contributed by atoms with Crippen LogP contribution >= 0.6 is 0 Å². The number of hydrogen-bond acceptors (Lipinski definition) is 5. The number of nitrogens with two attached hydrogens (primary N) is 1. The van der Waals surface area contributed by atoms with Crippen LogP contribution in [0.5, 0.6) is 0 Å². The van der Waals surface area contributed by atoms with Crippen LogP contribution in [0.4, 0.5) is 0 Å². The fraction of sp³-hybridized carbons (Fsp3) is 0.400. The molecule has 25 heavy (non-hydrogen) atoms. The Labute approximate surface area is 148 Å². The zero-order chi connectivity index (χ0) is 18.9. The molecule has 1 heterocycles. The zero-order valence-corrected chi connectivity index (χ0v) is 15.6. The molecule has 0 aliphatic carbocycles. The number of rotatable bonds is 3. The standard InChI is InChI=1S/C20H24N2O3/c1-7-24-20(23)17-14(6)25-19(22)15(9-21)18(17)16-12(4)10(2)8-11(3)13(16)5/h8,18H,7,22H2,1-6H3/t18-/m0/s1. The third kappa shape index (κ3) is 3.12. The lowest BCUT2D eigenvalue weighted by Crippen LogP contribution is -2.26. The first-order chi connectivity index (χ1) is 11.7. The molecular weight excluding hydrogens is 316 g/mol. The highest BCUT2D eigenvalue weighted by molar-refractivity contribution is 5.93. The smallest absolute Gasteiger partial charge is 0.338 e. The lowest BCUT2D eigenvalue weighted by atomic mass is 9.77. The first-order valence-corrected chi connectivity index (χ1v) is 8.27. The Morgan fingerprint density at radius 2 is 1.80 bits per heavy atom. The van der Waals surface area contributed by atoms with Crippen LogP contribution in [-0.4, -0.2) is 12.6 Å². The zero-order valence-electron chi connectivity index (χ0n) is 15.6. The number of allylic oxidation sites excluding steroid dienone is 2. The van der Waals surface area contributed by atoms with Crippen LogP contribution in [0.2, 0.25) is 0 Å². The van der Waals surface area contributed by atoms with E-state index in [9.17, 15) is 10.1 Å². The second-order valence-electron chi connectivity index (χ2n) is 6.29. The summed E-state index contributed by atoms with van der Waals surface area (Å²) < 4.78 is 10.7. The van der Waals surface area contributed by atoms with Crippen LogP contribution in [0.15, 0.2) is 28.9 Å². The molecule has 0 fully saturated rings. The van der Waals surface area contributed by atoms with E-state index in [-0.39, 0.29) is 18.1 Å². The summed E-state index contributed by atoms with van der Waals surface area (Å²) >= 11 is 0. The normalized spacial score (nSPS) is 17.2. The molecule has 0 bridgehead atoms. The van der Waals surface area contributed by atoms with Crippen molar-refractivity contribution < 1.29 is 14.3 Å². The van der Waals surface area contributed by atoms with Crippen molar-refractivity contribution in [2.24, 2.45) is 5.73 Å². The predicted molar refractivity (Wildman–Crippen MR) is 95.4 cm³/mol. The summed E-state index contributed by atoms with van der Waals surface area (Å²) in [5.41, 5.74) is 11.7. The van der Waals surface area contributed by atoms with Gasteiger partial charge >= 0.3 is 5.97 Å². The molecule has 0 spiro atoms. The van der Waals surface area contributed by atoms with E-state index in [0.717, 1.165) is 27.8 Å². The Morgan fingerprint density at radius 1 is 1.24 bits per heavy atom. The number of aryl methyl sites for hydroxylation is 2. The molecule has 1 atom stereocenters. The van der Waals surface area contributed by atoms with Crippen molar-refractivity contribution in [1.82, 2.24) is 0 Å². The number of hydrogen-bond donors (Lipinski definition) is 1. The molecule has 0 saturated carbocycles. The van der Waals surface area contributed by atoms with Crippen molar-refractivity contribution in [3.8, 4) is 6.07 Å². The molecule has 1 aromatic rings. The average Bonchev–Trinajstić information content (AvgIpc) is 2.53. The largest absolute Gasteiger partial charge is 0.463 e. The molecule has 0 radical (unpaired) electrons. The van der Waals surface area contributed by atoms with E-state index in [1.54, 1.807) is 13.8 Å². The molecule has 1 aromatic carbocycles. The molecule has 5 heteroatoms. The number of benzene rings is 1. The summed E-state index contributed by atoms with van der Waals surface area (Å²) in [6.07, 6.45) is 0. The van der Waals surface area contributed by atoms with Gasteiger partial charge in [-0.2, -0.15) is 5.26 Å². The molecule has 0 unspecified atom stereocenters. The Hall–Kier alpha value is -2.74. The quantitative estimate of drug-likeness (QED) is 0.850. The monoisotopic (exact) mass is 340 g/mol. The minimum atomic E-state index is -0.587. The van der Waals surface area contributed by atoms with Crippen LogP contribution in [0, 0.1) is 39.0 Å². The lowest BCUT2D eigenvalue weighted by Gasteiger charge is -2.30. The van der Waals surface area contributed by atoms with Crippen molar-refractivity contribution >= 4 is 5.97 Å². The van der Waals surface area contributed by atoms with Gasteiger partial charge in [0, 0.05) is 0 Å². The van der Waals surface area contributed by atoms with Crippen LogP contribution in [0.3, 0.4) is 0 Å². The summed E-state index contributed by atoms with van der Waals surface area (Å²) in [5.74, 6) is -0.659. The maximum atomic E-state index is 12.6. The highest BCUT2D eigenvalue weighted by Gasteiger charge is 2.38. The molecule has 2 rings (SSSR count). The van der Waals surface area contributed by atoms with Gasteiger partial charge in [-0.1, -0.05) is 6.07 Å². The second-order valence-corrected chi connectivity index (χ2v) is 6.29. The van der Waals surface area contributed by atoms with Crippen LogP contribution in [0.25, 0.3) is 0 Å². The first kappa shape index (κ1) is 18.6. The third-order valence-electron chi connectivity index (χ3n) is 4.81. The van der Waals surface area contributed by atoms with Gasteiger partial charge in [0.1, 0.15) is 17.4 Å². The summed E-state index contributed by atoms with van der Waals surface area (Å²) in [6, 6.07) is 4.24. The highest BCUT2D eigenvalue weighted by Crippen LogP contribution is 2.43. The van der Waals surface area contributed by atoms with E-state index in [2.05, 4.69) is 12.1 Å². The van der Waals surface area contributed by atoms with Crippen molar-refractivity contribution in [1.29, 1.82) is 5.26 Å². The van der Waals surface area contributed by atoms with Gasteiger partial charge in [-0.05, 0) is 69.4 Å². The summed E-state index contributed by atoms with van der Waals surface area (Å²) in [7, 11) is 0. The van der Waals surface area contributed by atoms with Crippen molar-refractivity contribution in [3.05, 3.63) is 56.7 Å². The topological polar surface area (TPSA) is 85.3 Å². The Kier molecular flexibility index (Phi) is 5.22. The van der Waals surface area contributed by atoms with E-state index in [0.29, 0.717) is 11.3 Å². The summed E-state index contributed by atoms with van der Waals surface area (Å²) in [5, 5.41) is 9.69. The number of carbonyl (C=O) groups excluding carboxylic acids is 1. The first-order valence-electron chi connectivity index (χ1n) is 8.27. The molecule has 1 aliphatic heterocycles. The number of ether oxygens (including phenoxy) is 2. The van der Waals surface area contributed by atoms with Gasteiger partial charge < -0.3 is 15.2 Å². The summed E-state index contributed by atoms with van der Waals surface area (Å²) in [4.78, 5) is 12.6. The molecule has 2 N–H and O–H groups in total. The van der Waals surface area contributed by atoms with E-state index in [4.69, 9.17) is 15.2 Å². The maximum absolute atomic E-state index is 12.6. The van der Waals surface area contributed by atoms with Crippen molar-refractivity contribution in [3.63, 3.8) is 0 Å². The maximum Gasteiger partial charge on any atom is 0.338 e. The minimum absolute atomic E-state index is 0.0380. The number of nitrogens with zero attached hydrogens (tertiary/aromatic N) is 1. The lowest BCUT2D eigenvalue weighted by molar-refractivity contribution is -0.139. The van der Waals surface area contributed by atoms with Gasteiger partial charge in [-0.15, -0.1) is 0 Å². The van der Waals surface area contributed by atoms with Crippen molar-refractivity contribution in [2.45, 2.75) is 47.5 Å². The predicted octanol–water partition coefficient (Wildman–Crippen LogP) is 3.57. The van der Waals surface area contributed by atoms with E-state index in [1.807, 2.05) is 27.7 Å². The van der Waals surface area contributed by atoms with Gasteiger partial charge in [0.25, 0.3) is 0 Å². The second kappa shape index (κ2) is 7.02. The number of esters is 1. The van der Waals surface area contributed by atoms with Gasteiger partial charge in [0.05, 0.1) is 18.1 Å². The molecule has 0 aromatic heterocycles.